The summed E-state index contributed by atoms with van der Waals surface area (Å²) < 4.78 is 0. The Morgan fingerprint density at radius 2 is 2.00 bits per heavy atom. The van der Waals surface area contributed by atoms with Gasteiger partial charge in [0.25, 0.3) is 0 Å². The highest BCUT2D eigenvalue weighted by Crippen LogP contribution is 2.22. The van der Waals surface area contributed by atoms with E-state index in [4.69, 9.17) is 10.7 Å². The molecule has 0 bridgehead atoms. The van der Waals surface area contributed by atoms with Gasteiger partial charge in [0.2, 0.25) is 0 Å². The number of piperazine rings is 1. The van der Waals surface area contributed by atoms with Crippen molar-refractivity contribution in [2.75, 3.05) is 45.2 Å². The predicted molar refractivity (Wildman–Crippen MR) is 95.8 cm³/mol. The highest BCUT2D eigenvalue weighted by atomic mass is 15.2. The number of benzene rings is 1. The molecule has 1 saturated heterocycles. The molecule has 0 spiro atoms. The summed E-state index contributed by atoms with van der Waals surface area (Å²) in [4.78, 5) is 17.9. The molecule has 2 N–H and O–H groups in total. The first kappa shape index (κ1) is 15.4. The van der Waals surface area contributed by atoms with Gasteiger partial charge in [-0.2, -0.15) is 0 Å². The number of allylic oxidation sites excluding steroid dienone is 1. The molecule has 2 aromatic rings. The number of aliphatic imine (C=N–C) groups is 1. The van der Waals surface area contributed by atoms with Gasteiger partial charge >= 0.3 is 0 Å². The number of nitrogens with zero attached hydrogens (tertiary/aromatic N) is 5. The Bertz CT molecular complexity index is 744. The van der Waals surface area contributed by atoms with Crippen LogP contribution < -0.4 is 10.6 Å². The van der Waals surface area contributed by atoms with E-state index in [0.29, 0.717) is 0 Å². The van der Waals surface area contributed by atoms with E-state index in [2.05, 4.69) is 39.0 Å². The van der Waals surface area contributed by atoms with Gasteiger partial charge in [-0.05, 0) is 25.2 Å². The van der Waals surface area contributed by atoms with Crippen molar-refractivity contribution in [3.8, 4) is 0 Å². The number of nitrogens with two attached hydrogens (primary N) is 1. The number of likely N-dealkylation sites (N-methyl/N-ethyl adjacent to an activating group) is 1. The minimum Gasteiger partial charge on any atom is -0.404 e. The van der Waals surface area contributed by atoms with Gasteiger partial charge in [-0.3, -0.25) is 9.98 Å². The fourth-order valence-corrected chi connectivity index (χ4v) is 2.73. The van der Waals surface area contributed by atoms with Crippen molar-refractivity contribution in [2.24, 2.45) is 10.7 Å². The van der Waals surface area contributed by atoms with Crippen molar-refractivity contribution >= 4 is 28.5 Å². The first-order valence-corrected chi connectivity index (χ1v) is 7.76. The average molecular weight is 310 g/mol. The molecule has 1 aliphatic rings. The Morgan fingerprint density at radius 3 is 2.70 bits per heavy atom. The fraction of sp³-hybridized carbons (Fsp3) is 0.353. The molecular weight excluding hydrogens is 288 g/mol. The van der Waals surface area contributed by atoms with Gasteiger partial charge in [-0.15, -0.1) is 0 Å². The third-order valence-corrected chi connectivity index (χ3v) is 4.14. The van der Waals surface area contributed by atoms with E-state index in [1.54, 1.807) is 19.5 Å². The van der Waals surface area contributed by atoms with Crippen LogP contribution >= 0.6 is 0 Å². The van der Waals surface area contributed by atoms with Crippen LogP contribution in [0.4, 0.5) is 5.69 Å². The van der Waals surface area contributed by atoms with Crippen LogP contribution in [0.3, 0.4) is 0 Å². The molecule has 0 amide bonds. The lowest BCUT2D eigenvalue weighted by molar-refractivity contribution is 0.313. The minimum atomic E-state index is 0.737. The summed E-state index contributed by atoms with van der Waals surface area (Å²) in [5.41, 5.74) is 10.1. The molecule has 120 valence electrons. The second-order valence-corrected chi connectivity index (χ2v) is 5.73. The summed E-state index contributed by atoms with van der Waals surface area (Å²) in [6, 6.07) is 6.25. The van der Waals surface area contributed by atoms with Crippen molar-refractivity contribution < 1.29 is 0 Å². The van der Waals surface area contributed by atoms with Crippen molar-refractivity contribution in [1.29, 1.82) is 0 Å². The van der Waals surface area contributed by atoms with E-state index in [0.717, 1.165) is 48.5 Å². The van der Waals surface area contributed by atoms with Crippen molar-refractivity contribution in [1.82, 2.24) is 14.9 Å². The highest BCUT2D eigenvalue weighted by molar-refractivity contribution is 6.09. The fourth-order valence-electron chi connectivity index (χ4n) is 2.73. The topological polar surface area (TPSA) is 70.6 Å². The number of rotatable bonds is 3. The minimum absolute atomic E-state index is 0.737. The second kappa shape index (κ2) is 6.75. The molecule has 3 rings (SSSR count). The summed E-state index contributed by atoms with van der Waals surface area (Å²) in [5.74, 6) is 0. The third-order valence-electron chi connectivity index (χ3n) is 4.14. The summed E-state index contributed by atoms with van der Waals surface area (Å²) in [6.07, 6.45) is 4.94. The standard InChI is InChI=1S/C17H22N6/c1-19-11-13(10-18)17-12-20-15-4-3-14(9-16(15)21-17)23-7-5-22(2)6-8-23/h3-4,9-12H,5-8,18H2,1-2H3. The summed E-state index contributed by atoms with van der Waals surface area (Å²) in [7, 11) is 3.87. The Kier molecular flexibility index (Phi) is 4.52. The first-order valence-electron chi connectivity index (χ1n) is 7.76. The average Bonchev–Trinajstić information content (AvgIpc) is 2.59. The first-order chi connectivity index (χ1) is 11.2. The Morgan fingerprint density at radius 1 is 1.22 bits per heavy atom. The molecule has 1 aromatic carbocycles. The molecule has 0 radical (unpaired) electrons. The van der Waals surface area contributed by atoms with Crippen LogP contribution in [0.25, 0.3) is 16.6 Å². The lowest BCUT2D eigenvalue weighted by Gasteiger charge is -2.34. The Balaban J connectivity index is 1.94. The molecule has 23 heavy (non-hydrogen) atoms. The summed E-state index contributed by atoms with van der Waals surface area (Å²) in [6.45, 7) is 4.23. The molecule has 0 saturated carbocycles. The van der Waals surface area contributed by atoms with E-state index < -0.39 is 0 Å². The van der Waals surface area contributed by atoms with E-state index in [9.17, 15) is 0 Å². The van der Waals surface area contributed by atoms with Crippen LogP contribution in [0.5, 0.6) is 0 Å². The van der Waals surface area contributed by atoms with Crippen molar-refractivity contribution in [2.45, 2.75) is 0 Å². The second-order valence-electron chi connectivity index (χ2n) is 5.73. The van der Waals surface area contributed by atoms with Gasteiger partial charge < -0.3 is 15.5 Å². The van der Waals surface area contributed by atoms with Crippen LogP contribution in [-0.4, -0.2) is 61.4 Å². The number of aromatic nitrogens is 2. The smallest absolute Gasteiger partial charge is 0.0922 e. The molecule has 1 aliphatic heterocycles. The molecule has 1 fully saturated rings. The number of fused-ring (bicyclic) bond motifs is 1. The lowest BCUT2D eigenvalue weighted by Crippen LogP contribution is -2.44. The molecule has 0 aliphatic carbocycles. The van der Waals surface area contributed by atoms with E-state index in [1.807, 2.05) is 6.07 Å². The van der Waals surface area contributed by atoms with Gasteiger partial charge in [-0.25, -0.2) is 4.98 Å². The van der Waals surface area contributed by atoms with Crippen LogP contribution in [-0.2, 0) is 0 Å². The zero-order valence-electron chi connectivity index (χ0n) is 13.6. The molecule has 6 nitrogen and oxygen atoms in total. The quantitative estimate of drug-likeness (QED) is 0.867. The van der Waals surface area contributed by atoms with E-state index in [1.165, 1.54) is 11.9 Å². The SMILES string of the molecule is CN=CC(=CN)c1cnc2ccc(N3CCN(C)CC3)cc2n1. The Labute approximate surface area is 136 Å². The zero-order chi connectivity index (χ0) is 16.2. The predicted octanol–water partition coefficient (Wildman–Crippen LogP) is 1.38. The number of anilines is 1. The van der Waals surface area contributed by atoms with Gasteiger partial charge in [0, 0.05) is 56.9 Å². The molecule has 0 unspecified atom stereocenters. The third kappa shape index (κ3) is 3.32. The largest absolute Gasteiger partial charge is 0.404 e. The van der Waals surface area contributed by atoms with Crippen molar-refractivity contribution in [3.63, 3.8) is 0 Å². The van der Waals surface area contributed by atoms with Gasteiger partial charge in [0.05, 0.1) is 22.9 Å². The maximum absolute atomic E-state index is 5.66. The van der Waals surface area contributed by atoms with E-state index in [-0.39, 0.29) is 0 Å². The van der Waals surface area contributed by atoms with Crippen LogP contribution in [0.15, 0.2) is 35.6 Å². The summed E-state index contributed by atoms with van der Waals surface area (Å²) >= 11 is 0. The maximum atomic E-state index is 5.66. The molecule has 2 heterocycles. The maximum Gasteiger partial charge on any atom is 0.0922 e. The number of hydrogen-bond donors (Lipinski definition) is 1. The van der Waals surface area contributed by atoms with Crippen LogP contribution in [0.2, 0.25) is 0 Å². The lowest BCUT2D eigenvalue weighted by atomic mass is 10.2. The van der Waals surface area contributed by atoms with Gasteiger partial charge in [0.15, 0.2) is 0 Å². The van der Waals surface area contributed by atoms with Gasteiger partial charge in [-0.1, -0.05) is 0 Å². The Hall–Kier alpha value is -2.47. The highest BCUT2D eigenvalue weighted by Gasteiger charge is 2.15. The molecule has 6 heteroatoms. The molecular formula is C17H22N6. The molecule has 0 atom stereocenters. The normalized spacial score (nSPS) is 17.3. The van der Waals surface area contributed by atoms with Crippen molar-refractivity contribution in [3.05, 3.63) is 36.3 Å². The van der Waals surface area contributed by atoms with Crippen LogP contribution in [0, 0.1) is 0 Å². The molecule has 1 aromatic heterocycles. The van der Waals surface area contributed by atoms with Gasteiger partial charge in [0.1, 0.15) is 0 Å². The van der Waals surface area contributed by atoms with Crippen LogP contribution in [0.1, 0.15) is 5.69 Å². The zero-order valence-corrected chi connectivity index (χ0v) is 13.6. The number of hydrogen-bond acceptors (Lipinski definition) is 6. The monoisotopic (exact) mass is 310 g/mol. The van der Waals surface area contributed by atoms with E-state index >= 15 is 0 Å². The summed E-state index contributed by atoms with van der Waals surface area (Å²) in [5, 5.41) is 0.